The van der Waals surface area contributed by atoms with Gasteiger partial charge in [-0.3, -0.25) is 4.79 Å². The predicted octanol–water partition coefficient (Wildman–Crippen LogP) is 1.45. The summed E-state index contributed by atoms with van der Waals surface area (Å²) < 4.78 is 25.5. The zero-order chi connectivity index (χ0) is 10.8. The minimum Gasteiger partial charge on any atom is -0.340 e. The van der Waals surface area contributed by atoms with Crippen molar-refractivity contribution in [2.75, 3.05) is 0 Å². The van der Waals surface area contributed by atoms with Gasteiger partial charge in [-0.25, -0.2) is 8.78 Å². The zero-order valence-corrected chi connectivity index (χ0v) is 7.89. The second-order valence-electron chi connectivity index (χ2n) is 3.66. The quantitative estimate of drug-likeness (QED) is 0.736. The van der Waals surface area contributed by atoms with Crippen LogP contribution in [0.2, 0.25) is 0 Å². The van der Waals surface area contributed by atoms with Crippen LogP contribution in [0.25, 0.3) is 0 Å². The van der Waals surface area contributed by atoms with Crippen molar-refractivity contribution in [1.29, 1.82) is 5.26 Å². The standard InChI is InChI=1S/C9H12F2N2O/c1-6(5-12)13-8(14)7-2-3-9(10,11)4-7/h6-7H,2-4H2,1H3,(H,13,14). The van der Waals surface area contributed by atoms with Crippen LogP contribution in [0.4, 0.5) is 8.78 Å². The fraction of sp³-hybridized carbons (Fsp3) is 0.778. The lowest BCUT2D eigenvalue weighted by Crippen LogP contribution is -2.36. The highest BCUT2D eigenvalue weighted by Gasteiger charge is 2.42. The van der Waals surface area contributed by atoms with Crippen molar-refractivity contribution in [3.63, 3.8) is 0 Å². The minimum absolute atomic E-state index is 0.205. The maximum Gasteiger partial charge on any atom is 0.248 e. The number of nitrogens with zero attached hydrogens (tertiary/aromatic N) is 1. The van der Waals surface area contributed by atoms with E-state index in [0.29, 0.717) is 0 Å². The van der Waals surface area contributed by atoms with Crippen LogP contribution in [0, 0.1) is 17.2 Å². The van der Waals surface area contributed by atoms with E-state index in [1.54, 1.807) is 0 Å². The lowest BCUT2D eigenvalue weighted by atomic mass is 10.1. The first kappa shape index (κ1) is 10.9. The fourth-order valence-electron chi connectivity index (χ4n) is 1.54. The van der Waals surface area contributed by atoms with Gasteiger partial charge in [0, 0.05) is 18.8 Å². The second-order valence-corrected chi connectivity index (χ2v) is 3.66. The van der Waals surface area contributed by atoms with Crippen LogP contribution >= 0.6 is 0 Å². The van der Waals surface area contributed by atoms with Crippen LogP contribution in [-0.4, -0.2) is 17.9 Å². The van der Waals surface area contributed by atoms with Crippen LogP contribution in [0.5, 0.6) is 0 Å². The number of nitriles is 1. The van der Waals surface area contributed by atoms with E-state index in [1.165, 1.54) is 6.92 Å². The molecular weight excluding hydrogens is 190 g/mol. The molecule has 0 radical (unpaired) electrons. The molecule has 0 saturated heterocycles. The number of hydrogen-bond acceptors (Lipinski definition) is 2. The molecule has 1 fully saturated rings. The van der Waals surface area contributed by atoms with E-state index in [9.17, 15) is 13.6 Å². The molecule has 14 heavy (non-hydrogen) atoms. The third kappa shape index (κ3) is 2.66. The molecule has 78 valence electrons. The average molecular weight is 202 g/mol. The Labute approximate surface area is 81.1 Å². The molecule has 1 aliphatic carbocycles. The topological polar surface area (TPSA) is 52.9 Å². The van der Waals surface area contributed by atoms with Gasteiger partial charge < -0.3 is 5.32 Å². The lowest BCUT2D eigenvalue weighted by Gasteiger charge is -2.12. The Hall–Kier alpha value is -1.18. The average Bonchev–Trinajstić information content (AvgIpc) is 2.46. The first-order valence-corrected chi connectivity index (χ1v) is 4.52. The molecule has 1 aliphatic rings. The van der Waals surface area contributed by atoms with Gasteiger partial charge in [-0.15, -0.1) is 0 Å². The number of carbonyl (C=O) groups excluding carboxylic acids is 1. The van der Waals surface area contributed by atoms with Crippen molar-refractivity contribution < 1.29 is 13.6 Å². The van der Waals surface area contributed by atoms with Crippen molar-refractivity contribution in [2.45, 2.75) is 38.2 Å². The van der Waals surface area contributed by atoms with Gasteiger partial charge in [-0.05, 0) is 13.3 Å². The van der Waals surface area contributed by atoms with E-state index in [-0.39, 0.29) is 12.8 Å². The Morgan fingerprint density at radius 1 is 1.71 bits per heavy atom. The van der Waals surface area contributed by atoms with Gasteiger partial charge in [0.1, 0.15) is 6.04 Å². The summed E-state index contributed by atoms with van der Waals surface area (Å²) in [6, 6.07) is 1.21. The molecule has 0 bridgehead atoms. The third-order valence-electron chi connectivity index (χ3n) is 2.33. The molecule has 0 aromatic carbocycles. The molecule has 1 amide bonds. The van der Waals surface area contributed by atoms with Gasteiger partial charge in [-0.2, -0.15) is 5.26 Å². The van der Waals surface area contributed by atoms with Crippen molar-refractivity contribution >= 4 is 5.91 Å². The number of halogens is 2. The Kier molecular flexibility index (Phi) is 3.04. The van der Waals surface area contributed by atoms with Crippen LogP contribution in [0.15, 0.2) is 0 Å². The van der Waals surface area contributed by atoms with Crippen LogP contribution in [0.3, 0.4) is 0 Å². The Morgan fingerprint density at radius 2 is 2.36 bits per heavy atom. The summed E-state index contributed by atoms with van der Waals surface area (Å²) in [5.74, 6) is -3.78. The van der Waals surface area contributed by atoms with Crippen molar-refractivity contribution in [3.05, 3.63) is 0 Å². The van der Waals surface area contributed by atoms with Crippen LogP contribution in [0.1, 0.15) is 26.2 Å². The molecule has 1 saturated carbocycles. The number of carbonyl (C=O) groups is 1. The van der Waals surface area contributed by atoms with E-state index in [2.05, 4.69) is 5.32 Å². The van der Waals surface area contributed by atoms with Gasteiger partial charge >= 0.3 is 0 Å². The maximum absolute atomic E-state index is 12.7. The van der Waals surface area contributed by atoms with E-state index in [4.69, 9.17) is 5.26 Å². The first-order chi connectivity index (χ1) is 6.44. The Balaban J connectivity index is 2.45. The molecule has 1 rings (SSSR count). The van der Waals surface area contributed by atoms with E-state index in [0.717, 1.165) is 0 Å². The molecule has 0 aromatic heterocycles. The Morgan fingerprint density at radius 3 is 2.79 bits per heavy atom. The molecule has 2 atom stereocenters. The molecule has 0 heterocycles. The predicted molar refractivity (Wildman–Crippen MR) is 45.5 cm³/mol. The summed E-state index contributed by atoms with van der Waals surface area (Å²) in [7, 11) is 0. The number of amides is 1. The smallest absolute Gasteiger partial charge is 0.248 e. The second kappa shape index (κ2) is 3.91. The molecule has 1 N–H and O–H groups in total. The van der Waals surface area contributed by atoms with E-state index in [1.807, 2.05) is 6.07 Å². The molecule has 2 unspecified atom stereocenters. The molecule has 0 aromatic rings. The maximum atomic E-state index is 12.7. The Bertz CT molecular complexity index is 272. The van der Waals surface area contributed by atoms with Crippen molar-refractivity contribution in [2.24, 2.45) is 5.92 Å². The van der Waals surface area contributed by atoms with Gasteiger partial charge in [0.15, 0.2) is 0 Å². The summed E-state index contributed by atoms with van der Waals surface area (Å²) in [6.45, 7) is 1.52. The zero-order valence-electron chi connectivity index (χ0n) is 7.89. The molecule has 0 aliphatic heterocycles. The van der Waals surface area contributed by atoms with Gasteiger partial charge in [0.2, 0.25) is 11.8 Å². The van der Waals surface area contributed by atoms with Crippen molar-refractivity contribution in [3.8, 4) is 6.07 Å². The first-order valence-electron chi connectivity index (χ1n) is 4.52. The van der Waals surface area contributed by atoms with Crippen molar-refractivity contribution in [1.82, 2.24) is 5.32 Å². The highest BCUT2D eigenvalue weighted by Crippen LogP contribution is 2.38. The number of rotatable bonds is 2. The monoisotopic (exact) mass is 202 g/mol. The van der Waals surface area contributed by atoms with Gasteiger partial charge in [-0.1, -0.05) is 0 Å². The largest absolute Gasteiger partial charge is 0.340 e. The highest BCUT2D eigenvalue weighted by atomic mass is 19.3. The minimum atomic E-state index is -2.71. The van der Waals surface area contributed by atoms with E-state index < -0.39 is 30.2 Å². The lowest BCUT2D eigenvalue weighted by molar-refractivity contribution is -0.126. The van der Waals surface area contributed by atoms with Crippen LogP contribution in [-0.2, 0) is 4.79 Å². The SMILES string of the molecule is CC(C#N)NC(=O)C1CCC(F)(F)C1. The van der Waals surface area contributed by atoms with E-state index >= 15 is 0 Å². The third-order valence-corrected chi connectivity index (χ3v) is 2.33. The summed E-state index contributed by atoms with van der Waals surface area (Å²) in [6.07, 6.45) is -0.417. The summed E-state index contributed by atoms with van der Waals surface area (Å²) in [5, 5.41) is 10.8. The highest BCUT2D eigenvalue weighted by molar-refractivity contribution is 5.79. The molecule has 0 spiro atoms. The summed E-state index contributed by atoms with van der Waals surface area (Å²) in [4.78, 5) is 11.3. The fourth-order valence-corrected chi connectivity index (χ4v) is 1.54. The summed E-state index contributed by atoms with van der Waals surface area (Å²) in [5.41, 5.74) is 0. The number of nitrogens with one attached hydrogen (secondary N) is 1. The molecular formula is C9H12F2N2O. The number of hydrogen-bond donors (Lipinski definition) is 1. The molecule has 3 nitrogen and oxygen atoms in total. The number of alkyl halides is 2. The van der Waals surface area contributed by atoms with Crippen LogP contribution < -0.4 is 5.32 Å². The molecule has 5 heteroatoms. The van der Waals surface area contributed by atoms with Gasteiger partial charge in [0.05, 0.1) is 6.07 Å². The van der Waals surface area contributed by atoms with Gasteiger partial charge in [0.25, 0.3) is 0 Å². The normalized spacial score (nSPS) is 26.6. The summed E-state index contributed by atoms with van der Waals surface area (Å²) >= 11 is 0.